The number of nitrogens with zero attached hydrogens (tertiary/aromatic N) is 4. The molecule has 1 aliphatic rings. The maximum absolute atomic E-state index is 13.1. The van der Waals surface area contributed by atoms with Crippen LogP contribution < -0.4 is 0 Å². The van der Waals surface area contributed by atoms with Gasteiger partial charge in [-0.25, -0.2) is 0 Å². The highest BCUT2D eigenvalue weighted by Crippen LogP contribution is 2.22. The molecule has 1 fully saturated rings. The van der Waals surface area contributed by atoms with Gasteiger partial charge in [-0.15, -0.1) is 0 Å². The number of ether oxygens (including phenoxy) is 1. The molecule has 10 nitrogen and oxygen atoms in total. The van der Waals surface area contributed by atoms with Gasteiger partial charge in [-0.2, -0.15) is 0 Å². The summed E-state index contributed by atoms with van der Waals surface area (Å²) in [5, 5.41) is 21.5. The van der Waals surface area contributed by atoms with Gasteiger partial charge in [-0.1, -0.05) is 146 Å². The number of hydrogen-bond donors (Lipinski definition) is 2. The van der Waals surface area contributed by atoms with E-state index in [9.17, 15) is 24.6 Å². The number of carboxylic acids is 2. The van der Waals surface area contributed by atoms with E-state index in [1.807, 2.05) is 102 Å². The van der Waals surface area contributed by atoms with Crippen molar-refractivity contribution in [2.75, 3.05) is 52.4 Å². The molecule has 1 saturated heterocycles. The lowest BCUT2D eigenvalue weighted by atomic mass is 10.0. The normalized spacial score (nSPS) is 16.7. The van der Waals surface area contributed by atoms with E-state index >= 15 is 0 Å². The van der Waals surface area contributed by atoms with E-state index in [-0.39, 0.29) is 0 Å². The molecular weight excluding hydrogens is 765 g/mol. The minimum Gasteiger partial charge on any atom is -0.480 e. The molecule has 1 aliphatic heterocycles. The molecule has 320 valence electrons. The second-order valence-corrected chi connectivity index (χ2v) is 15.9. The Labute approximate surface area is 361 Å². The fourth-order valence-corrected chi connectivity index (χ4v) is 8.42. The number of aryl methyl sites for hydroxylation is 3. The third kappa shape index (κ3) is 14.2. The summed E-state index contributed by atoms with van der Waals surface area (Å²) in [6.07, 6.45) is 2.79. The van der Waals surface area contributed by atoms with Crippen LogP contribution in [0.5, 0.6) is 0 Å². The van der Waals surface area contributed by atoms with Crippen LogP contribution in [-0.2, 0) is 44.9 Å². The highest BCUT2D eigenvalue weighted by atomic mass is 16.5. The third-order valence-corrected chi connectivity index (χ3v) is 11.9. The Balaban J connectivity index is 1.29. The molecule has 2 N–H and O–H groups in total. The number of carboxylic acid groups (broad SMARTS) is 2. The number of carbonyl (C=O) groups is 3. The number of benzene rings is 5. The predicted octanol–water partition coefficient (Wildman–Crippen LogP) is 7.38. The zero-order chi connectivity index (χ0) is 42.7. The Morgan fingerprint density at radius 2 is 0.852 bits per heavy atom. The lowest BCUT2D eigenvalue weighted by molar-refractivity contribution is -0.148. The zero-order valence-electron chi connectivity index (χ0n) is 35.1. The average molecular weight is 825 g/mol. The lowest BCUT2D eigenvalue weighted by Gasteiger charge is -2.39. The smallest absolute Gasteiger partial charge is 0.320 e. The first-order valence-corrected chi connectivity index (χ1v) is 21.6. The van der Waals surface area contributed by atoms with Crippen molar-refractivity contribution in [2.24, 2.45) is 0 Å². The van der Waals surface area contributed by atoms with Gasteiger partial charge in [-0.3, -0.25) is 34.0 Å². The Hall–Kier alpha value is -5.65. The van der Waals surface area contributed by atoms with Gasteiger partial charge in [0.05, 0.1) is 0 Å². The van der Waals surface area contributed by atoms with Crippen LogP contribution in [0.2, 0.25) is 0 Å². The van der Waals surface area contributed by atoms with Crippen LogP contribution in [0.4, 0.5) is 0 Å². The Morgan fingerprint density at radius 3 is 1.30 bits per heavy atom. The molecule has 5 aromatic carbocycles. The molecule has 6 rings (SSSR count). The standard InChI is InChI=1S/C51H60N4O6/c56-40-61-49(30-25-43-17-9-3-10-18-43)55-34-32-52(39-44-21-26-46(27-22-44)45-19-11-4-12-20-45)31-33-53(47(50(57)58)28-23-41-13-5-1-6-14-41)35-36-54(37-38-55)48(51(59)60)29-24-42-15-7-2-8-16-42/h1-22,26-27,40,47-49H,23-25,28-39H2,(H,57,58)(H,59,60). The highest BCUT2D eigenvalue weighted by Gasteiger charge is 2.32. The van der Waals surface area contributed by atoms with Crippen LogP contribution >= 0.6 is 0 Å². The van der Waals surface area contributed by atoms with Crippen molar-refractivity contribution in [3.63, 3.8) is 0 Å². The molecule has 0 aromatic heterocycles. The number of rotatable bonds is 19. The highest BCUT2D eigenvalue weighted by molar-refractivity contribution is 5.74. The van der Waals surface area contributed by atoms with Crippen molar-refractivity contribution in [3.8, 4) is 11.1 Å². The summed E-state index contributed by atoms with van der Waals surface area (Å²) in [7, 11) is 0. The van der Waals surface area contributed by atoms with Crippen LogP contribution in [0.1, 0.15) is 41.5 Å². The minimum absolute atomic E-state index is 0.360. The van der Waals surface area contributed by atoms with E-state index < -0.39 is 30.3 Å². The van der Waals surface area contributed by atoms with Crippen LogP contribution in [0.3, 0.4) is 0 Å². The molecule has 0 radical (unpaired) electrons. The first-order chi connectivity index (χ1) is 29.9. The monoisotopic (exact) mass is 824 g/mol. The first-order valence-electron chi connectivity index (χ1n) is 21.6. The third-order valence-electron chi connectivity index (χ3n) is 11.9. The minimum atomic E-state index is -0.908. The van der Waals surface area contributed by atoms with Gasteiger partial charge < -0.3 is 14.9 Å². The molecule has 1 heterocycles. The quantitative estimate of drug-likeness (QED) is 0.0819. The summed E-state index contributed by atoms with van der Waals surface area (Å²) in [5.74, 6) is -1.79. The van der Waals surface area contributed by atoms with Gasteiger partial charge >= 0.3 is 11.9 Å². The summed E-state index contributed by atoms with van der Waals surface area (Å²) >= 11 is 0. The molecule has 0 spiro atoms. The molecule has 10 heteroatoms. The van der Waals surface area contributed by atoms with Gasteiger partial charge in [-0.05, 0) is 65.5 Å². The molecule has 0 aliphatic carbocycles. The molecule has 0 amide bonds. The summed E-state index contributed by atoms with van der Waals surface area (Å²) in [4.78, 5) is 46.9. The van der Waals surface area contributed by atoms with Crippen molar-refractivity contribution in [2.45, 2.75) is 63.4 Å². The predicted molar refractivity (Wildman–Crippen MR) is 240 cm³/mol. The van der Waals surface area contributed by atoms with Crippen LogP contribution in [0.25, 0.3) is 11.1 Å². The Kier molecular flexibility index (Phi) is 17.6. The van der Waals surface area contributed by atoms with Gasteiger partial charge in [0.25, 0.3) is 6.47 Å². The van der Waals surface area contributed by atoms with Crippen LogP contribution in [0.15, 0.2) is 146 Å². The topological polar surface area (TPSA) is 114 Å². The summed E-state index contributed by atoms with van der Waals surface area (Å²) in [6, 6.07) is 47.3. The van der Waals surface area contributed by atoms with Crippen molar-refractivity contribution in [3.05, 3.63) is 168 Å². The molecule has 5 aromatic rings. The molecule has 3 atom stereocenters. The van der Waals surface area contributed by atoms with Gasteiger partial charge in [0.2, 0.25) is 0 Å². The van der Waals surface area contributed by atoms with E-state index in [0.717, 1.165) is 33.4 Å². The van der Waals surface area contributed by atoms with E-state index in [1.165, 1.54) is 0 Å². The summed E-state index contributed by atoms with van der Waals surface area (Å²) < 4.78 is 5.84. The second kappa shape index (κ2) is 24.0. The van der Waals surface area contributed by atoms with Crippen molar-refractivity contribution >= 4 is 18.4 Å². The lowest BCUT2D eigenvalue weighted by Crippen LogP contribution is -2.54. The number of hydrogen-bond acceptors (Lipinski definition) is 8. The first kappa shape index (κ1) is 44.9. The maximum Gasteiger partial charge on any atom is 0.320 e. The van der Waals surface area contributed by atoms with E-state index in [4.69, 9.17) is 4.74 Å². The zero-order valence-corrected chi connectivity index (χ0v) is 35.1. The molecule has 0 saturated carbocycles. The molecular formula is C51H60N4O6. The Morgan fingerprint density at radius 1 is 0.475 bits per heavy atom. The van der Waals surface area contributed by atoms with E-state index in [2.05, 4.69) is 63.2 Å². The fourth-order valence-electron chi connectivity index (χ4n) is 8.42. The Bertz CT molecular complexity index is 2040. The number of aliphatic carboxylic acids is 2. The van der Waals surface area contributed by atoms with E-state index in [1.54, 1.807) is 0 Å². The molecule has 3 unspecified atom stereocenters. The summed E-state index contributed by atoms with van der Waals surface area (Å²) in [5.41, 5.74) is 6.72. The van der Waals surface area contributed by atoms with Crippen LogP contribution in [-0.4, -0.2) is 119 Å². The van der Waals surface area contributed by atoms with Gasteiger partial charge in [0.1, 0.15) is 12.1 Å². The van der Waals surface area contributed by atoms with Crippen molar-refractivity contribution in [1.29, 1.82) is 0 Å². The maximum atomic E-state index is 13.1. The van der Waals surface area contributed by atoms with Gasteiger partial charge in [0.15, 0.2) is 6.23 Å². The van der Waals surface area contributed by atoms with Gasteiger partial charge in [0, 0.05) is 65.3 Å². The molecule has 61 heavy (non-hydrogen) atoms. The summed E-state index contributed by atoms with van der Waals surface area (Å²) in [6.45, 7) is 5.00. The number of carbonyl (C=O) groups excluding carboxylic acids is 1. The average Bonchev–Trinajstić information content (AvgIpc) is 3.29. The fraction of sp³-hybridized carbons (Fsp3) is 0.353. The largest absolute Gasteiger partial charge is 0.480 e. The van der Waals surface area contributed by atoms with Crippen molar-refractivity contribution in [1.82, 2.24) is 19.6 Å². The van der Waals surface area contributed by atoms with Crippen LogP contribution in [0, 0.1) is 0 Å². The molecule has 0 bridgehead atoms. The van der Waals surface area contributed by atoms with E-state index in [0.29, 0.717) is 104 Å². The second-order valence-electron chi connectivity index (χ2n) is 15.9. The SMILES string of the molecule is O=COC(CCc1ccccc1)N1CCN(Cc2ccc(-c3ccccc3)cc2)CCN(C(CCc2ccccc2)C(=O)O)CCN(C(CCc2ccccc2)C(=O)O)CC1. The van der Waals surface area contributed by atoms with Crippen molar-refractivity contribution < 1.29 is 29.3 Å².